The molecule has 1 aromatic heterocycles. The lowest BCUT2D eigenvalue weighted by Gasteiger charge is -2.31. The number of sulfonamides is 1. The van der Waals surface area contributed by atoms with Gasteiger partial charge in [-0.25, -0.2) is 8.42 Å². The molecule has 0 atom stereocenters. The van der Waals surface area contributed by atoms with Crippen LogP contribution in [0.1, 0.15) is 18.5 Å². The first-order valence-electron chi connectivity index (χ1n) is 9.11. The molecule has 6 heteroatoms. The Morgan fingerprint density at radius 3 is 2.44 bits per heavy atom. The van der Waals surface area contributed by atoms with Gasteiger partial charge in [0.05, 0.1) is 11.1 Å². The van der Waals surface area contributed by atoms with Gasteiger partial charge in [0.25, 0.3) is 0 Å². The number of hydrogen-bond acceptors (Lipinski definition) is 4. The van der Waals surface area contributed by atoms with Gasteiger partial charge < -0.3 is 4.74 Å². The van der Waals surface area contributed by atoms with Crippen molar-refractivity contribution >= 4 is 20.8 Å². The molecule has 0 radical (unpaired) electrons. The smallest absolute Gasteiger partial charge is 0.243 e. The van der Waals surface area contributed by atoms with Gasteiger partial charge in [0.2, 0.25) is 10.0 Å². The molecule has 3 aromatic rings. The fraction of sp³-hybridized carbons (Fsp3) is 0.286. The molecule has 1 aliphatic rings. The summed E-state index contributed by atoms with van der Waals surface area (Å²) in [7, 11) is -3.49. The third kappa shape index (κ3) is 3.82. The number of fused-ring (bicyclic) bond motifs is 1. The van der Waals surface area contributed by atoms with Crippen LogP contribution in [0.4, 0.5) is 0 Å². The number of rotatable bonds is 4. The summed E-state index contributed by atoms with van der Waals surface area (Å²) >= 11 is 0. The average Bonchev–Trinajstić information content (AvgIpc) is 2.70. The van der Waals surface area contributed by atoms with Crippen LogP contribution in [0.25, 0.3) is 10.8 Å². The van der Waals surface area contributed by atoms with Crippen molar-refractivity contribution in [1.29, 1.82) is 0 Å². The average molecular weight is 382 g/mol. The van der Waals surface area contributed by atoms with E-state index < -0.39 is 10.0 Å². The maximum atomic E-state index is 13.0. The minimum atomic E-state index is -3.49. The first-order chi connectivity index (χ1) is 13.0. The van der Waals surface area contributed by atoms with E-state index in [-0.39, 0.29) is 6.10 Å². The van der Waals surface area contributed by atoms with Gasteiger partial charge in [-0.15, -0.1) is 0 Å². The third-order valence-electron chi connectivity index (χ3n) is 4.95. The van der Waals surface area contributed by atoms with Gasteiger partial charge in [-0.05, 0) is 54.8 Å². The summed E-state index contributed by atoms with van der Waals surface area (Å²) in [5, 5.41) is 1.97. The van der Waals surface area contributed by atoms with E-state index in [1.165, 1.54) is 0 Å². The molecule has 0 spiro atoms. The zero-order valence-corrected chi connectivity index (χ0v) is 16.0. The second kappa shape index (κ2) is 7.29. The minimum absolute atomic E-state index is 0.0116. The van der Waals surface area contributed by atoms with Crippen molar-refractivity contribution in [3.63, 3.8) is 0 Å². The van der Waals surface area contributed by atoms with Crippen LogP contribution < -0.4 is 4.74 Å². The van der Waals surface area contributed by atoms with Crippen molar-refractivity contribution in [2.45, 2.75) is 30.8 Å². The molecule has 1 aliphatic heterocycles. The van der Waals surface area contributed by atoms with E-state index in [0.717, 1.165) is 22.2 Å². The highest BCUT2D eigenvalue weighted by Crippen LogP contribution is 2.26. The number of aryl methyl sites for hydroxylation is 1. The Labute approximate surface area is 159 Å². The molecule has 0 saturated carbocycles. The van der Waals surface area contributed by atoms with Gasteiger partial charge >= 0.3 is 0 Å². The van der Waals surface area contributed by atoms with Crippen LogP contribution in [0.5, 0.6) is 5.75 Å². The Bertz CT molecular complexity index is 1040. The Morgan fingerprint density at radius 2 is 1.74 bits per heavy atom. The molecular weight excluding hydrogens is 360 g/mol. The second-order valence-corrected chi connectivity index (χ2v) is 8.80. The summed E-state index contributed by atoms with van der Waals surface area (Å²) in [6.07, 6.45) is 3.06. The van der Waals surface area contributed by atoms with Crippen LogP contribution in [0.2, 0.25) is 0 Å². The van der Waals surface area contributed by atoms with Crippen LogP contribution in [0, 0.1) is 6.92 Å². The SMILES string of the molecule is Cc1ccc(OC2CCN(S(=O)(=O)c3ccc4ccccc4c3)CC2)cn1. The van der Waals surface area contributed by atoms with Crippen molar-refractivity contribution in [1.82, 2.24) is 9.29 Å². The molecule has 4 rings (SSSR count). The Morgan fingerprint density at radius 1 is 1.00 bits per heavy atom. The van der Waals surface area contributed by atoms with Crippen molar-refractivity contribution in [3.8, 4) is 5.75 Å². The topological polar surface area (TPSA) is 59.5 Å². The monoisotopic (exact) mass is 382 g/mol. The molecule has 0 bridgehead atoms. The van der Waals surface area contributed by atoms with E-state index in [1.807, 2.05) is 49.4 Å². The Balaban J connectivity index is 1.45. The summed E-state index contributed by atoms with van der Waals surface area (Å²) in [5.41, 5.74) is 0.943. The number of piperidine rings is 1. The van der Waals surface area contributed by atoms with E-state index in [9.17, 15) is 8.42 Å². The van der Waals surface area contributed by atoms with Crippen LogP contribution in [-0.4, -0.2) is 36.9 Å². The lowest BCUT2D eigenvalue weighted by molar-refractivity contribution is 0.134. The number of pyridine rings is 1. The summed E-state index contributed by atoms with van der Waals surface area (Å²) in [6, 6.07) is 16.9. The highest BCUT2D eigenvalue weighted by molar-refractivity contribution is 7.89. The predicted molar refractivity (Wildman–Crippen MR) is 105 cm³/mol. The first-order valence-corrected chi connectivity index (χ1v) is 10.5. The van der Waals surface area contributed by atoms with Crippen molar-refractivity contribution in [2.24, 2.45) is 0 Å². The summed E-state index contributed by atoms with van der Waals surface area (Å²) in [4.78, 5) is 4.58. The van der Waals surface area contributed by atoms with Crippen LogP contribution in [0.3, 0.4) is 0 Å². The van der Waals surface area contributed by atoms with Crippen LogP contribution in [-0.2, 0) is 10.0 Å². The number of aromatic nitrogens is 1. The maximum absolute atomic E-state index is 13.0. The van der Waals surface area contributed by atoms with Crippen LogP contribution in [0.15, 0.2) is 65.7 Å². The molecular formula is C21H22N2O3S. The van der Waals surface area contributed by atoms with E-state index in [1.54, 1.807) is 22.6 Å². The number of nitrogens with zero attached hydrogens (tertiary/aromatic N) is 2. The van der Waals surface area contributed by atoms with Gasteiger partial charge in [0.1, 0.15) is 11.9 Å². The standard InChI is InChI=1S/C21H22N2O3S/c1-16-6-8-20(15-22-16)26-19-10-12-23(13-11-19)27(24,25)21-9-7-17-4-2-3-5-18(17)14-21/h2-9,14-15,19H,10-13H2,1H3. The van der Waals surface area contributed by atoms with E-state index in [0.29, 0.717) is 30.8 Å². The Kier molecular flexibility index (Phi) is 4.85. The zero-order chi connectivity index (χ0) is 18.9. The van der Waals surface area contributed by atoms with Crippen molar-refractivity contribution in [3.05, 3.63) is 66.5 Å². The predicted octanol–water partition coefficient (Wildman–Crippen LogP) is 3.78. The molecule has 1 saturated heterocycles. The number of benzene rings is 2. The van der Waals surface area contributed by atoms with E-state index in [4.69, 9.17) is 4.74 Å². The molecule has 2 heterocycles. The van der Waals surface area contributed by atoms with Gasteiger partial charge in [0, 0.05) is 18.8 Å². The molecule has 27 heavy (non-hydrogen) atoms. The molecule has 0 N–H and O–H groups in total. The second-order valence-electron chi connectivity index (χ2n) is 6.87. The van der Waals surface area contributed by atoms with E-state index >= 15 is 0 Å². The summed E-state index contributed by atoms with van der Waals surface area (Å²) in [5.74, 6) is 0.733. The highest BCUT2D eigenvalue weighted by Gasteiger charge is 2.30. The molecule has 140 valence electrons. The number of ether oxygens (including phenoxy) is 1. The fourth-order valence-electron chi connectivity index (χ4n) is 3.38. The van der Waals surface area contributed by atoms with Gasteiger partial charge in [-0.2, -0.15) is 4.31 Å². The third-order valence-corrected chi connectivity index (χ3v) is 6.84. The quantitative estimate of drug-likeness (QED) is 0.689. The van der Waals surface area contributed by atoms with Gasteiger partial charge in [-0.3, -0.25) is 4.98 Å². The highest BCUT2D eigenvalue weighted by atomic mass is 32.2. The molecule has 1 fully saturated rings. The number of hydrogen-bond donors (Lipinski definition) is 0. The normalized spacial score (nSPS) is 16.5. The fourth-order valence-corrected chi connectivity index (χ4v) is 4.89. The summed E-state index contributed by atoms with van der Waals surface area (Å²) in [6.45, 7) is 2.85. The zero-order valence-electron chi connectivity index (χ0n) is 15.2. The first kappa shape index (κ1) is 17.9. The summed E-state index contributed by atoms with van der Waals surface area (Å²) < 4.78 is 33.5. The maximum Gasteiger partial charge on any atom is 0.243 e. The molecule has 0 aliphatic carbocycles. The largest absolute Gasteiger partial charge is 0.489 e. The molecule has 5 nitrogen and oxygen atoms in total. The Hall–Kier alpha value is -2.44. The molecule has 0 amide bonds. The lowest BCUT2D eigenvalue weighted by atomic mass is 10.1. The van der Waals surface area contributed by atoms with Gasteiger partial charge in [0.15, 0.2) is 0 Å². The molecule has 0 unspecified atom stereocenters. The van der Waals surface area contributed by atoms with Crippen LogP contribution >= 0.6 is 0 Å². The van der Waals surface area contributed by atoms with Crippen molar-refractivity contribution < 1.29 is 13.2 Å². The van der Waals surface area contributed by atoms with Gasteiger partial charge in [-0.1, -0.05) is 30.3 Å². The molecule has 2 aromatic carbocycles. The lowest BCUT2D eigenvalue weighted by Crippen LogP contribution is -2.41. The van der Waals surface area contributed by atoms with E-state index in [2.05, 4.69) is 4.98 Å². The van der Waals surface area contributed by atoms with Crippen molar-refractivity contribution in [2.75, 3.05) is 13.1 Å². The minimum Gasteiger partial charge on any atom is -0.489 e.